The number of nitrogens with one attached hydrogen (secondary N) is 1. The maximum atomic E-state index is 11.8. The Morgan fingerprint density at radius 3 is 2.80 bits per heavy atom. The molecular formula is C10H11BrN2O2. The van der Waals surface area contributed by atoms with Gasteiger partial charge < -0.3 is 9.88 Å². The molecule has 0 bridgehead atoms. The van der Waals surface area contributed by atoms with Crippen LogP contribution in [0.1, 0.15) is 10.4 Å². The summed E-state index contributed by atoms with van der Waals surface area (Å²) in [5.74, 6) is 0.556. The zero-order chi connectivity index (χ0) is 10.8. The Bertz CT molecular complexity index is 403. The van der Waals surface area contributed by atoms with Gasteiger partial charge in [-0.2, -0.15) is 0 Å². The van der Waals surface area contributed by atoms with Crippen LogP contribution in [0.5, 0.6) is 0 Å². The molecule has 15 heavy (non-hydrogen) atoms. The first-order valence-electron chi connectivity index (χ1n) is 4.74. The van der Waals surface area contributed by atoms with E-state index in [1.807, 2.05) is 0 Å². The van der Waals surface area contributed by atoms with Gasteiger partial charge in [-0.3, -0.25) is 9.59 Å². The number of amides is 1. The highest BCUT2D eigenvalue weighted by Crippen LogP contribution is 2.19. The minimum absolute atomic E-state index is 0.0107. The molecule has 1 saturated heterocycles. The van der Waals surface area contributed by atoms with Gasteiger partial charge in [-0.1, -0.05) is 15.9 Å². The molecule has 4 nitrogen and oxygen atoms in total. The van der Waals surface area contributed by atoms with E-state index >= 15 is 0 Å². The Labute approximate surface area is 95.4 Å². The van der Waals surface area contributed by atoms with Gasteiger partial charge in [-0.05, 0) is 6.07 Å². The monoisotopic (exact) mass is 270 g/mol. The van der Waals surface area contributed by atoms with Gasteiger partial charge in [0.1, 0.15) is 0 Å². The van der Waals surface area contributed by atoms with E-state index < -0.39 is 0 Å². The molecule has 1 aromatic heterocycles. The third kappa shape index (κ3) is 2.12. The minimum atomic E-state index is -0.187. The summed E-state index contributed by atoms with van der Waals surface area (Å²) in [6.07, 6.45) is 1.46. The van der Waals surface area contributed by atoms with E-state index in [4.69, 9.17) is 0 Å². The molecule has 0 spiro atoms. The van der Waals surface area contributed by atoms with Crippen LogP contribution in [-0.2, 0) is 0 Å². The summed E-state index contributed by atoms with van der Waals surface area (Å²) in [6.45, 7) is 1.59. The van der Waals surface area contributed by atoms with Crippen LogP contribution in [0.3, 0.4) is 0 Å². The molecule has 0 aromatic carbocycles. The average molecular weight is 271 g/mol. The van der Waals surface area contributed by atoms with Gasteiger partial charge in [0.25, 0.3) is 5.91 Å². The van der Waals surface area contributed by atoms with E-state index in [1.165, 1.54) is 12.3 Å². The predicted molar refractivity (Wildman–Crippen MR) is 60.3 cm³/mol. The fourth-order valence-corrected chi connectivity index (χ4v) is 1.97. The lowest BCUT2D eigenvalue weighted by molar-refractivity contribution is 0.0538. The molecule has 80 valence electrons. The third-order valence-corrected chi connectivity index (χ3v) is 3.41. The minimum Gasteiger partial charge on any atom is -0.338 e. The fraction of sp³-hybridized carbons (Fsp3) is 0.400. The second-order valence-electron chi connectivity index (χ2n) is 3.67. The molecule has 0 unspecified atom stereocenters. The average Bonchev–Trinajstić information content (AvgIpc) is 2.17. The van der Waals surface area contributed by atoms with Crippen molar-refractivity contribution < 1.29 is 4.79 Å². The SMILES string of the molecule is O=C(c1ccc(=O)[nH]c1)N1CC(CBr)C1. The molecule has 1 aliphatic heterocycles. The Hall–Kier alpha value is -1.10. The number of carbonyl (C=O) groups is 1. The Morgan fingerprint density at radius 1 is 1.53 bits per heavy atom. The number of hydrogen-bond acceptors (Lipinski definition) is 2. The standard InChI is InChI=1S/C10H11BrN2O2/c11-3-7-5-13(6-7)10(15)8-1-2-9(14)12-4-8/h1-2,4,7H,3,5-6H2,(H,12,14). The number of hydrogen-bond donors (Lipinski definition) is 1. The summed E-state index contributed by atoms with van der Waals surface area (Å²) in [6, 6.07) is 2.93. The van der Waals surface area contributed by atoms with E-state index in [0.29, 0.717) is 11.5 Å². The van der Waals surface area contributed by atoms with E-state index in [9.17, 15) is 9.59 Å². The maximum absolute atomic E-state index is 11.8. The molecule has 0 aliphatic carbocycles. The molecule has 5 heteroatoms. The Balaban J connectivity index is 2.03. The second-order valence-corrected chi connectivity index (χ2v) is 4.32. The summed E-state index contributed by atoms with van der Waals surface area (Å²) in [5.41, 5.74) is 0.358. The van der Waals surface area contributed by atoms with Gasteiger partial charge in [0.2, 0.25) is 5.56 Å². The number of H-pyrrole nitrogens is 1. The molecule has 0 radical (unpaired) electrons. The van der Waals surface area contributed by atoms with Crippen molar-refractivity contribution in [2.24, 2.45) is 5.92 Å². The number of likely N-dealkylation sites (tertiary alicyclic amines) is 1. The van der Waals surface area contributed by atoms with Gasteiger partial charge >= 0.3 is 0 Å². The van der Waals surface area contributed by atoms with Gasteiger partial charge in [-0.25, -0.2) is 0 Å². The van der Waals surface area contributed by atoms with Crippen LogP contribution >= 0.6 is 15.9 Å². The maximum Gasteiger partial charge on any atom is 0.255 e. The highest BCUT2D eigenvalue weighted by molar-refractivity contribution is 9.09. The summed E-state index contributed by atoms with van der Waals surface area (Å²) in [4.78, 5) is 26.9. The van der Waals surface area contributed by atoms with Crippen LogP contribution in [0.2, 0.25) is 0 Å². The third-order valence-electron chi connectivity index (χ3n) is 2.49. The van der Waals surface area contributed by atoms with Gasteiger partial charge in [0.15, 0.2) is 0 Å². The van der Waals surface area contributed by atoms with Crippen LogP contribution in [0.15, 0.2) is 23.1 Å². The van der Waals surface area contributed by atoms with Gasteiger partial charge in [0.05, 0.1) is 5.56 Å². The van der Waals surface area contributed by atoms with E-state index in [-0.39, 0.29) is 11.5 Å². The van der Waals surface area contributed by atoms with Crippen molar-refractivity contribution in [2.45, 2.75) is 0 Å². The van der Waals surface area contributed by atoms with E-state index in [0.717, 1.165) is 18.4 Å². The van der Waals surface area contributed by atoms with Crippen molar-refractivity contribution >= 4 is 21.8 Å². The largest absolute Gasteiger partial charge is 0.338 e. The summed E-state index contributed by atoms with van der Waals surface area (Å²) in [7, 11) is 0. The summed E-state index contributed by atoms with van der Waals surface area (Å²) < 4.78 is 0. The zero-order valence-corrected chi connectivity index (χ0v) is 9.66. The number of carbonyl (C=O) groups excluding carboxylic acids is 1. The normalized spacial score (nSPS) is 16.2. The molecule has 2 rings (SSSR count). The zero-order valence-electron chi connectivity index (χ0n) is 8.07. The lowest BCUT2D eigenvalue weighted by Gasteiger charge is -2.38. The number of pyridine rings is 1. The van der Waals surface area contributed by atoms with E-state index in [2.05, 4.69) is 20.9 Å². The van der Waals surface area contributed by atoms with E-state index in [1.54, 1.807) is 11.0 Å². The Kier molecular flexibility index (Phi) is 2.90. The number of rotatable bonds is 2. The van der Waals surface area contributed by atoms with Crippen molar-refractivity contribution in [3.05, 3.63) is 34.2 Å². The van der Waals surface area contributed by atoms with Crippen molar-refractivity contribution in [3.8, 4) is 0 Å². The second kappa shape index (κ2) is 4.18. The lowest BCUT2D eigenvalue weighted by Crippen LogP contribution is -2.50. The number of nitrogens with zero attached hydrogens (tertiary/aromatic N) is 1. The van der Waals surface area contributed by atoms with Crippen LogP contribution in [0.4, 0.5) is 0 Å². The predicted octanol–water partition coefficient (Wildman–Crippen LogP) is 0.842. The first-order chi connectivity index (χ1) is 7.20. The van der Waals surface area contributed by atoms with Crippen LogP contribution in [0.25, 0.3) is 0 Å². The molecule has 1 amide bonds. The lowest BCUT2D eigenvalue weighted by atomic mass is 10.0. The molecule has 0 atom stereocenters. The van der Waals surface area contributed by atoms with Crippen LogP contribution < -0.4 is 5.56 Å². The summed E-state index contributed by atoms with van der Waals surface area (Å²) >= 11 is 3.38. The highest BCUT2D eigenvalue weighted by Gasteiger charge is 2.30. The molecule has 0 saturated carbocycles. The first-order valence-corrected chi connectivity index (χ1v) is 5.87. The first kappa shape index (κ1) is 10.4. The number of alkyl halides is 1. The van der Waals surface area contributed by atoms with Gasteiger partial charge in [-0.15, -0.1) is 0 Å². The van der Waals surface area contributed by atoms with Crippen molar-refractivity contribution in [2.75, 3.05) is 18.4 Å². The van der Waals surface area contributed by atoms with Crippen LogP contribution in [0, 0.1) is 5.92 Å². The molecule has 1 N–H and O–H groups in total. The molecular weight excluding hydrogens is 260 g/mol. The Morgan fingerprint density at radius 2 is 2.27 bits per heavy atom. The summed E-state index contributed by atoms with van der Waals surface area (Å²) in [5, 5.41) is 0.933. The fourth-order valence-electron chi connectivity index (χ4n) is 1.56. The number of aromatic nitrogens is 1. The van der Waals surface area contributed by atoms with Crippen molar-refractivity contribution in [1.82, 2.24) is 9.88 Å². The molecule has 1 aliphatic rings. The topological polar surface area (TPSA) is 53.2 Å². The van der Waals surface area contributed by atoms with Crippen molar-refractivity contribution in [3.63, 3.8) is 0 Å². The quantitative estimate of drug-likeness (QED) is 0.810. The molecule has 1 fully saturated rings. The smallest absolute Gasteiger partial charge is 0.255 e. The van der Waals surface area contributed by atoms with Crippen molar-refractivity contribution in [1.29, 1.82) is 0 Å². The highest BCUT2D eigenvalue weighted by atomic mass is 79.9. The molecule has 1 aromatic rings. The van der Waals surface area contributed by atoms with Gasteiger partial charge in [0, 0.05) is 36.6 Å². The van der Waals surface area contributed by atoms with Crippen LogP contribution in [-0.4, -0.2) is 34.2 Å². The number of aromatic amines is 1. The number of halogens is 1. The molecule has 2 heterocycles.